The molecule has 0 saturated heterocycles. The molecule has 9 heteroatoms. The third kappa shape index (κ3) is 3.76. The number of alkyl halides is 3. The first kappa shape index (κ1) is 16.7. The van der Waals surface area contributed by atoms with Crippen molar-refractivity contribution >= 4 is 8.32 Å². The van der Waals surface area contributed by atoms with E-state index in [4.69, 9.17) is 5.80 Å². The van der Waals surface area contributed by atoms with Gasteiger partial charge in [-0.2, -0.15) is 18.3 Å². The molecule has 0 radical (unpaired) electrons. The van der Waals surface area contributed by atoms with Crippen molar-refractivity contribution in [1.29, 1.82) is 0 Å². The second-order valence-corrected chi connectivity index (χ2v) is 11.9. The van der Waals surface area contributed by atoms with Crippen LogP contribution in [-0.4, -0.2) is 33.7 Å². The molecule has 0 bridgehead atoms. The van der Waals surface area contributed by atoms with E-state index in [1.54, 1.807) is 0 Å². The number of rotatable bonds is 4. The van der Waals surface area contributed by atoms with Gasteiger partial charge < -0.3 is 4.43 Å². The summed E-state index contributed by atoms with van der Waals surface area (Å²) in [6, 6.07) is 0.0184. The summed E-state index contributed by atoms with van der Waals surface area (Å²) in [6.45, 7) is 7.89. The summed E-state index contributed by atoms with van der Waals surface area (Å²) in [7, 11) is -1.88. The Morgan fingerprint density at radius 3 is 2.40 bits per heavy atom. The fourth-order valence-electron chi connectivity index (χ4n) is 3.24. The molecule has 5 nitrogen and oxygen atoms in total. The Labute approximate surface area is 146 Å². The molecule has 0 N–H and O–H groups in total. The van der Waals surface area contributed by atoms with E-state index in [2.05, 4.69) is 15.1 Å². The van der Waals surface area contributed by atoms with Gasteiger partial charge in [0.2, 0.25) is 0 Å². The Kier molecular flexibility index (Phi) is 3.95. The van der Waals surface area contributed by atoms with E-state index in [-0.39, 0.29) is 24.2 Å². The molecule has 1 fully saturated rings. The lowest BCUT2D eigenvalue weighted by molar-refractivity contribution is -0.148. The maximum Gasteiger partial charge on any atom is 0.433 e. The standard InChI is InChI=1S/C16H21F3N4OSi/c1-15(24-25(2,3)4)8-11(9-15)23-13(16(17,18)19)12(10-22-23)14-20-6-5-7-21-14/h5-7,10-11H,8-9H2,1-4H3/i11D. The van der Waals surface area contributed by atoms with E-state index >= 15 is 0 Å². The molecular weight excluding hydrogens is 349 g/mol. The lowest BCUT2D eigenvalue weighted by atomic mass is 9.77. The molecule has 0 unspecified atom stereocenters. The molecule has 2 aromatic rings. The van der Waals surface area contributed by atoms with Crippen molar-refractivity contribution < 1.29 is 19.0 Å². The van der Waals surface area contributed by atoms with Gasteiger partial charge in [-0.25, -0.2) is 9.97 Å². The molecule has 136 valence electrons. The van der Waals surface area contributed by atoms with Crippen molar-refractivity contribution in [3.05, 3.63) is 30.4 Å². The second kappa shape index (κ2) is 5.91. The van der Waals surface area contributed by atoms with Crippen LogP contribution in [0.25, 0.3) is 11.4 Å². The van der Waals surface area contributed by atoms with Crippen molar-refractivity contribution in [2.45, 2.75) is 57.2 Å². The molecule has 2 aromatic heterocycles. The highest BCUT2D eigenvalue weighted by Gasteiger charge is 2.49. The van der Waals surface area contributed by atoms with E-state index in [0.29, 0.717) is 0 Å². The zero-order chi connectivity index (χ0) is 19.4. The number of hydrogen-bond donors (Lipinski definition) is 0. The van der Waals surface area contributed by atoms with Crippen LogP contribution in [0, 0.1) is 0 Å². The summed E-state index contributed by atoms with van der Waals surface area (Å²) in [6.07, 6.45) is -0.556. The summed E-state index contributed by atoms with van der Waals surface area (Å²) in [5, 5.41) is 3.90. The predicted octanol–water partition coefficient (Wildman–Crippen LogP) is 4.30. The Morgan fingerprint density at radius 2 is 1.88 bits per heavy atom. The quantitative estimate of drug-likeness (QED) is 0.752. The Morgan fingerprint density at radius 1 is 1.28 bits per heavy atom. The number of hydrogen-bond acceptors (Lipinski definition) is 4. The third-order valence-corrected chi connectivity index (χ3v) is 4.96. The van der Waals surface area contributed by atoms with Crippen molar-refractivity contribution in [2.24, 2.45) is 0 Å². The van der Waals surface area contributed by atoms with Gasteiger partial charge in [-0.1, -0.05) is 0 Å². The number of aromatic nitrogens is 4. The highest BCUT2D eigenvalue weighted by atomic mass is 28.4. The van der Waals surface area contributed by atoms with E-state index in [1.165, 1.54) is 18.5 Å². The highest BCUT2D eigenvalue weighted by Crippen LogP contribution is 2.48. The fourth-order valence-corrected chi connectivity index (χ4v) is 4.86. The SMILES string of the molecule is [2H]C1(n2ncc(-c3ncccn3)c2C(F)(F)F)CC(C)(O[Si](C)(C)C)C1. The lowest BCUT2D eigenvalue weighted by Crippen LogP contribution is -2.50. The molecule has 0 atom stereocenters. The first-order valence-electron chi connectivity index (χ1n) is 8.46. The van der Waals surface area contributed by atoms with Gasteiger partial charge >= 0.3 is 6.18 Å². The summed E-state index contributed by atoms with van der Waals surface area (Å²) >= 11 is 0. The molecule has 0 aromatic carbocycles. The van der Waals surface area contributed by atoms with E-state index < -0.39 is 31.8 Å². The molecule has 3 rings (SSSR count). The van der Waals surface area contributed by atoms with Crippen LogP contribution in [0.5, 0.6) is 0 Å². The lowest BCUT2D eigenvalue weighted by Gasteiger charge is -2.48. The van der Waals surface area contributed by atoms with Crippen LogP contribution in [0.1, 0.15) is 32.8 Å². The third-order valence-electron chi connectivity index (χ3n) is 3.85. The van der Waals surface area contributed by atoms with Crippen LogP contribution in [0.15, 0.2) is 24.7 Å². The molecule has 0 amide bonds. The summed E-state index contributed by atoms with van der Waals surface area (Å²) in [5.41, 5.74) is -1.82. The predicted molar refractivity (Wildman–Crippen MR) is 89.4 cm³/mol. The number of halogens is 3. The van der Waals surface area contributed by atoms with Gasteiger partial charge in [0.25, 0.3) is 0 Å². The molecule has 0 aliphatic heterocycles. The normalized spacial score (nSPS) is 27.7. The van der Waals surface area contributed by atoms with Crippen LogP contribution in [-0.2, 0) is 10.6 Å². The van der Waals surface area contributed by atoms with Gasteiger partial charge in [-0.15, -0.1) is 0 Å². The average molecular weight is 371 g/mol. The maximum absolute atomic E-state index is 13.8. The zero-order valence-electron chi connectivity index (χ0n) is 15.6. The topological polar surface area (TPSA) is 52.8 Å². The molecule has 2 heterocycles. The van der Waals surface area contributed by atoms with E-state index in [1.807, 2.05) is 26.6 Å². The first-order chi connectivity index (χ1) is 11.8. The van der Waals surface area contributed by atoms with Gasteiger partial charge in [0.05, 0.1) is 24.7 Å². The van der Waals surface area contributed by atoms with E-state index in [0.717, 1.165) is 10.9 Å². The smallest absolute Gasteiger partial charge is 0.412 e. The van der Waals surface area contributed by atoms with Crippen LogP contribution in [0.3, 0.4) is 0 Å². The van der Waals surface area contributed by atoms with Crippen molar-refractivity contribution in [3.8, 4) is 11.4 Å². The van der Waals surface area contributed by atoms with Crippen molar-refractivity contribution in [3.63, 3.8) is 0 Å². The Bertz CT molecular complexity index is 798. The Balaban J connectivity index is 1.98. The van der Waals surface area contributed by atoms with Gasteiger partial charge in [-0.3, -0.25) is 4.68 Å². The molecule has 1 saturated carbocycles. The largest absolute Gasteiger partial charge is 0.433 e. The second-order valence-electron chi connectivity index (χ2n) is 7.47. The molecule has 1 aliphatic rings. The first-order valence-corrected chi connectivity index (χ1v) is 11.4. The van der Waals surface area contributed by atoms with Crippen LogP contribution < -0.4 is 0 Å². The zero-order valence-corrected chi connectivity index (χ0v) is 15.6. The minimum atomic E-state index is -4.68. The molecule has 25 heavy (non-hydrogen) atoms. The van der Waals surface area contributed by atoms with Gasteiger partial charge in [-0.05, 0) is 45.5 Å². The van der Waals surface area contributed by atoms with Gasteiger partial charge in [0, 0.05) is 12.4 Å². The van der Waals surface area contributed by atoms with Crippen LogP contribution in [0.4, 0.5) is 13.2 Å². The Hall–Kier alpha value is -1.74. The minimum Gasteiger partial charge on any atom is -0.412 e. The van der Waals surface area contributed by atoms with E-state index in [9.17, 15) is 13.2 Å². The average Bonchev–Trinajstić information content (AvgIpc) is 2.90. The monoisotopic (exact) mass is 371 g/mol. The van der Waals surface area contributed by atoms with Crippen molar-refractivity contribution in [1.82, 2.24) is 19.7 Å². The van der Waals surface area contributed by atoms with Crippen LogP contribution in [0.2, 0.25) is 19.6 Å². The summed E-state index contributed by atoms with van der Waals surface area (Å²) in [4.78, 5) is 7.79. The van der Waals surface area contributed by atoms with Crippen molar-refractivity contribution in [2.75, 3.05) is 0 Å². The minimum absolute atomic E-state index is 0.0601. The fraction of sp³-hybridized carbons (Fsp3) is 0.562. The maximum atomic E-state index is 13.8. The van der Waals surface area contributed by atoms with Gasteiger partial charge in [0.15, 0.2) is 19.8 Å². The van der Waals surface area contributed by atoms with Crippen LogP contribution >= 0.6 is 0 Å². The summed E-state index contributed by atoms with van der Waals surface area (Å²) < 4.78 is 56.7. The molecular formula is C16H21F3N4OSi. The summed E-state index contributed by atoms with van der Waals surface area (Å²) in [5.74, 6) is -0.0601. The highest BCUT2D eigenvalue weighted by molar-refractivity contribution is 6.69. The molecule has 1 aliphatic carbocycles. The van der Waals surface area contributed by atoms with Gasteiger partial charge in [0.1, 0.15) is 0 Å². The number of nitrogens with zero attached hydrogens (tertiary/aromatic N) is 4. The molecule has 0 spiro atoms.